The van der Waals surface area contributed by atoms with Crippen LogP contribution in [0.3, 0.4) is 0 Å². The highest BCUT2D eigenvalue weighted by Crippen LogP contribution is 2.26. The van der Waals surface area contributed by atoms with Crippen LogP contribution >= 0.6 is 0 Å². The van der Waals surface area contributed by atoms with Crippen LogP contribution in [0.25, 0.3) is 0 Å². The molecule has 1 saturated heterocycles. The fourth-order valence-electron chi connectivity index (χ4n) is 2.35. The minimum Gasteiger partial charge on any atom is -0.380 e. The molecule has 0 spiro atoms. The van der Waals surface area contributed by atoms with Gasteiger partial charge in [0, 0.05) is 6.61 Å². The molecular formula is C14H18F2N2O2. The van der Waals surface area contributed by atoms with E-state index >= 15 is 0 Å². The van der Waals surface area contributed by atoms with Crippen molar-refractivity contribution in [2.24, 2.45) is 0 Å². The van der Waals surface area contributed by atoms with Crippen LogP contribution in [0.2, 0.25) is 0 Å². The molecule has 2 unspecified atom stereocenters. The molecule has 1 aromatic rings. The van der Waals surface area contributed by atoms with Crippen molar-refractivity contribution in [3.8, 4) is 0 Å². The van der Waals surface area contributed by atoms with Gasteiger partial charge in [0.1, 0.15) is 6.17 Å². The Kier molecular flexibility index (Phi) is 4.67. The number of carbonyl (C=O) groups is 1. The summed E-state index contributed by atoms with van der Waals surface area (Å²) in [5, 5.41) is 3.01. The minimum absolute atomic E-state index is 0.0769. The van der Waals surface area contributed by atoms with Gasteiger partial charge in [-0.15, -0.1) is 0 Å². The number of hydrogen-bond acceptors (Lipinski definition) is 3. The summed E-state index contributed by atoms with van der Waals surface area (Å²) in [5.41, 5.74) is 0.526. The third-order valence-corrected chi connectivity index (χ3v) is 3.31. The Bertz CT molecular complexity index is 496. The summed E-state index contributed by atoms with van der Waals surface area (Å²) in [7, 11) is 0. The lowest BCUT2D eigenvalue weighted by Gasteiger charge is -2.30. The van der Waals surface area contributed by atoms with E-state index in [1.165, 1.54) is 6.07 Å². The van der Waals surface area contributed by atoms with E-state index in [0.29, 0.717) is 18.8 Å². The third kappa shape index (κ3) is 2.96. The quantitative estimate of drug-likeness (QED) is 0.896. The van der Waals surface area contributed by atoms with Gasteiger partial charge in [-0.2, -0.15) is 0 Å². The number of halogens is 2. The molecule has 0 radical (unpaired) electrons. The second-order valence-electron chi connectivity index (χ2n) is 4.77. The lowest BCUT2D eigenvalue weighted by Crippen LogP contribution is -2.40. The van der Waals surface area contributed by atoms with Gasteiger partial charge >= 0.3 is 0 Å². The summed E-state index contributed by atoms with van der Waals surface area (Å²) in [6, 6.07) is 3.53. The van der Waals surface area contributed by atoms with E-state index in [4.69, 9.17) is 4.74 Å². The minimum atomic E-state index is -0.916. The first kappa shape index (κ1) is 14.9. The summed E-state index contributed by atoms with van der Waals surface area (Å²) in [4.78, 5) is 13.6. The molecule has 1 N–H and O–H groups in total. The molecule has 4 nitrogen and oxygen atoms in total. The first-order chi connectivity index (χ1) is 9.54. The Balaban J connectivity index is 2.20. The van der Waals surface area contributed by atoms with Crippen molar-refractivity contribution >= 4 is 5.91 Å². The molecule has 2 atom stereocenters. The van der Waals surface area contributed by atoms with E-state index in [2.05, 4.69) is 5.32 Å². The second-order valence-corrected chi connectivity index (χ2v) is 4.77. The second kappa shape index (κ2) is 6.28. The van der Waals surface area contributed by atoms with Crippen molar-refractivity contribution in [2.45, 2.75) is 26.1 Å². The van der Waals surface area contributed by atoms with Crippen LogP contribution in [-0.2, 0) is 9.53 Å². The molecular weight excluding hydrogens is 266 g/mol. The first-order valence-corrected chi connectivity index (χ1v) is 6.61. The first-order valence-electron chi connectivity index (χ1n) is 6.61. The molecule has 0 aliphatic carbocycles. The number of rotatable bonds is 5. The monoisotopic (exact) mass is 284 g/mol. The smallest absolute Gasteiger partial charge is 0.238 e. The number of amides is 1. The molecule has 1 aliphatic heterocycles. The zero-order valence-electron chi connectivity index (χ0n) is 11.5. The van der Waals surface area contributed by atoms with Gasteiger partial charge in [0.15, 0.2) is 11.6 Å². The molecule has 1 aromatic carbocycles. The summed E-state index contributed by atoms with van der Waals surface area (Å²) in [5.74, 6) is -1.89. The molecule has 1 aliphatic rings. The highest BCUT2D eigenvalue weighted by Gasteiger charge is 2.35. The molecule has 2 rings (SSSR count). The Labute approximate surface area is 116 Å². The van der Waals surface area contributed by atoms with Crippen LogP contribution < -0.4 is 5.32 Å². The van der Waals surface area contributed by atoms with E-state index in [0.717, 1.165) is 12.1 Å². The lowest BCUT2D eigenvalue weighted by atomic mass is 10.1. The van der Waals surface area contributed by atoms with Crippen molar-refractivity contribution in [3.63, 3.8) is 0 Å². The number of nitrogens with zero attached hydrogens (tertiary/aromatic N) is 1. The maximum absolute atomic E-state index is 13.3. The number of nitrogens with one attached hydrogen (secondary N) is 1. The zero-order chi connectivity index (χ0) is 14.7. The van der Waals surface area contributed by atoms with E-state index in [1.807, 2.05) is 13.8 Å². The van der Waals surface area contributed by atoms with Crippen molar-refractivity contribution in [3.05, 3.63) is 35.4 Å². The summed E-state index contributed by atoms with van der Waals surface area (Å²) < 4.78 is 31.6. The van der Waals surface area contributed by atoms with Crippen LogP contribution in [-0.4, -0.2) is 36.6 Å². The van der Waals surface area contributed by atoms with Gasteiger partial charge in [-0.25, -0.2) is 8.78 Å². The highest BCUT2D eigenvalue weighted by molar-refractivity contribution is 5.81. The van der Waals surface area contributed by atoms with Gasteiger partial charge in [-0.1, -0.05) is 6.07 Å². The zero-order valence-corrected chi connectivity index (χ0v) is 11.5. The van der Waals surface area contributed by atoms with Gasteiger partial charge in [-0.3, -0.25) is 10.1 Å². The number of benzene rings is 1. The Morgan fingerprint density at radius 1 is 1.45 bits per heavy atom. The Hall–Kier alpha value is -1.53. The summed E-state index contributed by atoms with van der Waals surface area (Å²) in [6.45, 7) is 4.90. The van der Waals surface area contributed by atoms with E-state index in [1.54, 1.807) is 4.90 Å². The largest absolute Gasteiger partial charge is 0.380 e. The predicted octanol–water partition coefficient (Wildman–Crippen LogP) is 1.82. The standard InChI is InChI=1S/C14H18F2N2O2/c1-3-20-8-9(2)18-13(19)7-17-14(18)10-4-5-11(15)12(16)6-10/h4-6,9,14,17H,3,7-8H2,1-2H3. The lowest BCUT2D eigenvalue weighted by molar-refractivity contribution is -0.131. The summed E-state index contributed by atoms with van der Waals surface area (Å²) >= 11 is 0. The molecule has 6 heteroatoms. The number of ether oxygens (including phenoxy) is 1. The Morgan fingerprint density at radius 2 is 2.20 bits per heavy atom. The average Bonchev–Trinajstić information content (AvgIpc) is 2.81. The Morgan fingerprint density at radius 3 is 2.85 bits per heavy atom. The topological polar surface area (TPSA) is 41.6 Å². The number of hydrogen-bond donors (Lipinski definition) is 1. The molecule has 0 bridgehead atoms. The molecule has 1 heterocycles. The fourth-order valence-corrected chi connectivity index (χ4v) is 2.35. The van der Waals surface area contributed by atoms with Crippen molar-refractivity contribution in [1.29, 1.82) is 0 Å². The van der Waals surface area contributed by atoms with E-state index in [-0.39, 0.29) is 18.5 Å². The third-order valence-electron chi connectivity index (χ3n) is 3.31. The normalized spacial score (nSPS) is 20.5. The number of carbonyl (C=O) groups excluding carboxylic acids is 1. The molecule has 1 amide bonds. The SMILES string of the molecule is CCOCC(C)N1C(=O)CNC1c1ccc(F)c(F)c1. The van der Waals surface area contributed by atoms with Crippen LogP contribution in [0.4, 0.5) is 8.78 Å². The van der Waals surface area contributed by atoms with Crippen molar-refractivity contribution in [1.82, 2.24) is 10.2 Å². The van der Waals surface area contributed by atoms with Crippen LogP contribution in [0.15, 0.2) is 18.2 Å². The molecule has 1 fully saturated rings. The van der Waals surface area contributed by atoms with Gasteiger partial charge < -0.3 is 9.64 Å². The van der Waals surface area contributed by atoms with Gasteiger partial charge in [-0.05, 0) is 31.5 Å². The van der Waals surface area contributed by atoms with Gasteiger partial charge in [0.05, 0.1) is 19.2 Å². The van der Waals surface area contributed by atoms with E-state index < -0.39 is 17.8 Å². The average molecular weight is 284 g/mol. The molecule has 0 aromatic heterocycles. The van der Waals surface area contributed by atoms with Gasteiger partial charge in [0.25, 0.3) is 0 Å². The molecule has 20 heavy (non-hydrogen) atoms. The molecule has 0 saturated carbocycles. The van der Waals surface area contributed by atoms with E-state index in [9.17, 15) is 13.6 Å². The van der Waals surface area contributed by atoms with Crippen LogP contribution in [0, 0.1) is 11.6 Å². The highest BCUT2D eigenvalue weighted by atomic mass is 19.2. The maximum atomic E-state index is 13.3. The molecule has 110 valence electrons. The maximum Gasteiger partial charge on any atom is 0.238 e. The van der Waals surface area contributed by atoms with Crippen molar-refractivity contribution < 1.29 is 18.3 Å². The summed E-state index contributed by atoms with van der Waals surface area (Å²) in [6.07, 6.45) is -0.451. The van der Waals surface area contributed by atoms with Gasteiger partial charge in [0.2, 0.25) is 5.91 Å². The van der Waals surface area contributed by atoms with Crippen LogP contribution in [0.5, 0.6) is 0 Å². The fraction of sp³-hybridized carbons (Fsp3) is 0.500. The van der Waals surface area contributed by atoms with Crippen LogP contribution in [0.1, 0.15) is 25.6 Å². The predicted molar refractivity (Wildman–Crippen MR) is 69.9 cm³/mol. The van der Waals surface area contributed by atoms with Crippen molar-refractivity contribution in [2.75, 3.05) is 19.8 Å².